The van der Waals surface area contributed by atoms with Crippen LogP contribution in [-0.4, -0.2) is 85.6 Å². The van der Waals surface area contributed by atoms with Crippen molar-refractivity contribution in [2.45, 2.75) is 51.5 Å². The average Bonchev–Trinajstić information content (AvgIpc) is 3.38. The minimum atomic E-state index is -0.998. The van der Waals surface area contributed by atoms with Crippen molar-refractivity contribution in [1.29, 1.82) is 0 Å². The van der Waals surface area contributed by atoms with Crippen LogP contribution in [-0.2, 0) is 4.74 Å². The number of aromatic nitrogens is 6. The smallest absolute Gasteiger partial charge is 0.243 e. The monoisotopic (exact) mass is 493 g/mol. The second-order valence-electron chi connectivity index (χ2n) is 9.96. The summed E-state index contributed by atoms with van der Waals surface area (Å²) in [5.74, 6) is 2.00. The van der Waals surface area contributed by atoms with Gasteiger partial charge in [0.1, 0.15) is 23.0 Å². The molecule has 0 saturated carbocycles. The fourth-order valence-corrected chi connectivity index (χ4v) is 5.34. The van der Waals surface area contributed by atoms with Crippen LogP contribution in [0, 0.1) is 6.92 Å². The first kappa shape index (κ1) is 23.1. The van der Waals surface area contributed by atoms with E-state index in [4.69, 9.17) is 14.7 Å². The van der Waals surface area contributed by atoms with Crippen molar-refractivity contribution in [3.8, 4) is 11.3 Å². The lowest BCUT2D eigenvalue weighted by Gasteiger charge is -2.42. The molecule has 6 rings (SSSR count). The lowest BCUT2D eigenvalue weighted by Crippen LogP contribution is -2.57. The van der Waals surface area contributed by atoms with Crippen molar-refractivity contribution in [2.75, 3.05) is 44.0 Å². The Hall–Kier alpha value is -3.31. The summed E-state index contributed by atoms with van der Waals surface area (Å²) in [7, 11) is 1.83. The molecule has 0 aromatic carbocycles. The number of likely N-dealkylation sites (tertiary alicyclic amines) is 1. The van der Waals surface area contributed by atoms with Gasteiger partial charge in [0.05, 0.1) is 31.0 Å². The van der Waals surface area contributed by atoms with E-state index in [0.29, 0.717) is 44.0 Å². The number of hydrogen-bond acceptors (Lipinski definition) is 8. The molecule has 11 heteroatoms. The first-order valence-corrected chi connectivity index (χ1v) is 12.6. The van der Waals surface area contributed by atoms with E-state index in [1.165, 1.54) is 0 Å². The predicted molar refractivity (Wildman–Crippen MR) is 137 cm³/mol. The van der Waals surface area contributed by atoms with Crippen LogP contribution in [0.5, 0.6) is 0 Å². The van der Waals surface area contributed by atoms with Gasteiger partial charge in [0.25, 0.3) is 0 Å². The SMILES string of the molecule is CNc1nc(N[C@H]2CCN(C3COC3)C[C@H]2F)nn2ccc(-c3ccc4nc(C)n(C(C)C)c4n3)c12. The maximum atomic E-state index is 15.0. The Morgan fingerprint density at radius 2 is 1.97 bits per heavy atom. The molecule has 2 N–H and O–H groups in total. The van der Waals surface area contributed by atoms with Crippen LogP contribution in [0.3, 0.4) is 0 Å². The van der Waals surface area contributed by atoms with Gasteiger partial charge in [-0.3, -0.25) is 4.90 Å². The van der Waals surface area contributed by atoms with Gasteiger partial charge in [-0.2, -0.15) is 4.98 Å². The number of ether oxygens (including phenoxy) is 1. The Morgan fingerprint density at radius 1 is 1.14 bits per heavy atom. The topological polar surface area (TPSA) is 97.4 Å². The van der Waals surface area contributed by atoms with E-state index in [9.17, 15) is 0 Å². The van der Waals surface area contributed by atoms with Crippen molar-refractivity contribution < 1.29 is 9.13 Å². The summed E-state index contributed by atoms with van der Waals surface area (Å²) in [5.41, 5.74) is 4.30. The van der Waals surface area contributed by atoms with Crippen molar-refractivity contribution in [1.82, 2.24) is 34.0 Å². The van der Waals surface area contributed by atoms with Gasteiger partial charge in [0, 0.05) is 37.9 Å². The molecule has 4 aromatic heterocycles. The number of aryl methyl sites for hydroxylation is 1. The third kappa shape index (κ3) is 3.86. The van der Waals surface area contributed by atoms with Crippen LogP contribution >= 0.6 is 0 Å². The van der Waals surface area contributed by atoms with Gasteiger partial charge in [-0.05, 0) is 45.4 Å². The van der Waals surface area contributed by atoms with E-state index < -0.39 is 6.17 Å². The summed E-state index contributed by atoms with van der Waals surface area (Å²) >= 11 is 0. The fraction of sp³-hybridized carbons (Fsp3) is 0.520. The summed E-state index contributed by atoms with van der Waals surface area (Å²) < 4.78 is 24.2. The standard InChI is InChI=1S/C25H32FN9O/c1-14(2)35-15(3)28-21-6-5-19(29-24(21)35)17-7-10-34-22(17)23(27-4)31-25(32-34)30-20-8-9-33(11-18(20)26)16-12-36-13-16/h5-7,10,14,16,18,20H,8-9,11-13H2,1-4H3,(H2,27,30,31,32)/t18-,20+/m1/s1. The van der Waals surface area contributed by atoms with Gasteiger partial charge < -0.3 is 19.9 Å². The van der Waals surface area contributed by atoms with Crippen molar-refractivity contribution in [2.24, 2.45) is 0 Å². The molecule has 2 atom stereocenters. The molecule has 2 aliphatic heterocycles. The van der Waals surface area contributed by atoms with Gasteiger partial charge in [0.2, 0.25) is 5.95 Å². The van der Waals surface area contributed by atoms with E-state index in [1.54, 1.807) is 4.52 Å². The van der Waals surface area contributed by atoms with Crippen LogP contribution < -0.4 is 10.6 Å². The van der Waals surface area contributed by atoms with Crippen molar-refractivity contribution in [3.63, 3.8) is 0 Å². The zero-order chi connectivity index (χ0) is 25.0. The molecule has 190 valence electrons. The zero-order valence-corrected chi connectivity index (χ0v) is 21.1. The third-order valence-corrected chi connectivity index (χ3v) is 7.28. The number of nitrogens with zero attached hydrogens (tertiary/aromatic N) is 7. The number of fused-ring (bicyclic) bond motifs is 2. The van der Waals surface area contributed by atoms with Crippen molar-refractivity contribution in [3.05, 3.63) is 30.2 Å². The van der Waals surface area contributed by atoms with Crippen LogP contribution in [0.15, 0.2) is 24.4 Å². The Balaban J connectivity index is 1.30. The molecule has 0 radical (unpaired) electrons. The van der Waals surface area contributed by atoms with Crippen molar-refractivity contribution >= 4 is 28.4 Å². The Bertz CT molecular complexity index is 1410. The minimum Gasteiger partial charge on any atom is -0.378 e. The number of halogens is 1. The molecule has 0 amide bonds. The fourth-order valence-electron chi connectivity index (χ4n) is 5.34. The highest BCUT2D eigenvalue weighted by molar-refractivity contribution is 5.89. The highest BCUT2D eigenvalue weighted by Gasteiger charge is 2.35. The third-order valence-electron chi connectivity index (χ3n) is 7.28. The summed E-state index contributed by atoms with van der Waals surface area (Å²) in [6.07, 6.45) is 1.58. The summed E-state index contributed by atoms with van der Waals surface area (Å²) in [5, 5.41) is 11.1. The Labute approximate surface area is 208 Å². The summed E-state index contributed by atoms with van der Waals surface area (Å²) in [4.78, 5) is 16.5. The van der Waals surface area contributed by atoms with Gasteiger partial charge in [-0.1, -0.05) is 0 Å². The second-order valence-corrected chi connectivity index (χ2v) is 9.96. The molecule has 0 spiro atoms. The van der Waals surface area contributed by atoms with Crippen LogP contribution in [0.25, 0.3) is 27.9 Å². The molecule has 0 aliphatic carbocycles. The Kier molecular flexibility index (Phi) is 5.76. The lowest BCUT2D eigenvalue weighted by atomic mass is 10.0. The van der Waals surface area contributed by atoms with Crippen LogP contribution in [0.2, 0.25) is 0 Å². The number of nitrogens with one attached hydrogen (secondary N) is 2. The van der Waals surface area contributed by atoms with Crippen LogP contribution in [0.1, 0.15) is 32.1 Å². The molecule has 36 heavy (non-hydrogen) atoms. The number of imidazole rings is 1. The van der Waals surface area contributed by atoms with Crippen LogP contribution in [0.4, 0.5) is 16.2 Å². The predicted octanol–water partition coefficient (Wildman–Crippen LogP) is 3.30. The molecule has 0 unspecified atom stereocenters. The number of anilines is 2. The molecule has 2 fully saturated rings. The van der Waals surface area contributed by atoms with E-state index in [1.807, 2.05) is 38.4 Å². The number of alkyl halides is 1. The first-order valence-electron chi connectivity index (χ1n) is 12.6. The molecule has 6 heterocycles. The number of hydrogen-bond donors (Lipinski definition) is 2. The number of piperidine rings is 1. The normalized spacial score (nSPS) is 21.4. The largest absolute Gasteiger partial charge is 0.378 e. The first-order chi connectivity index (χ1) is 17.4. The van der Waals surface area contributed by atoms with E-state index >= 15 is 4.39 Å². The molecular formula is C25H32FN9O. The average molecular weight is 494 g/mol. The molecule has 2 aliphatic rings. The molecule has 0 bridgehead atoms. The van der Waals surface area contributed by atoms with E-state index in [2.05, 4.69) is 44.0 Å². The van der Waals surface area contributed by atoms with Gasteiger partial charge in [-0.15, -0.1) is 5.10 Å². The van der Waals surface area contributed by atoms with Gasteiger partial charge in [0.15, 0.2) is 11.5 Å². The lowest BCUT2D eigenvalue weighted by molar-refractivity contribution is -0.0794. The number of pyridine rings is 1. The van der Waals surface area contributed by atoms with Gasteiger partial charge >= 0.3 is 0 Å². The van der Waals surface area contributed by atoms with Gasteiger partial charge in [-0.25, -0.2) is 18.9 Å². The molecule has 4 aromatic rings. The number of rotatable bonds is 6. The summed E-state index contributed by atoms with van der Waals surface area (Å²) in [6, 6.07) is 6.25. The Morgan fingerprint density at radius 3 is 2.67 bits per heavy atom. The maximum absolute atomic E-state index is 15.0. The maximum Gasteiger partial charge on any atom is 0.243 e. The molecular weight excluding hydrogens is 461 g/mol. The van der Waals surface area contributed by atoms with E-state index in [0.717, 1.165) is 40.3 Å². The highest BCUT2D eigenvalue weighted by Crippen LogP contribution is 2.31. The van der Waals surface area contributed by atoms with E-state index in [-0.39, 0.29) is 12.1 Å². The molecule has 2 saturated heterocycles. The zero-order valence-electron chi connectivity index (χ0n) is 21.1. The molecule has 10 nitrogen and oxygen atoms in total. The second kappa shape index (κ2) is 8.97. The highest BCUT2D eigenvalue weighted by atomic mass is 19.1. The summed E-state index contributed by atoms with van der Waals surface area (Å²) in [6.45, 7) is 8.91. The quantitative estimate of drug-likeness (QED) is 0.422. The minimum absolute atomic E-state index is 0.251.